The fourth-order valence-electron chi connectivity index (χ4n) is 2.78. The van der Waals surface area contributed by atoms with E-state index in [4.69, 9.17) is 18.9 Å². The summed E-state index contributed by atoms with van der Waals surface area (Å²) in [6.45, 7) is 0. The number of phenols is 2. The molecule has 0 aliphatic rings. The zero-order valence-corrected chi connectivity index (χ0v) is 14.7. The van der Waals surface area contributed by atoms with Crippen molar-refractivity contribution >= 4 is 12.6 Å². The molecule has 0 bridgehead atoms. The summed E-state index contributed by atoms with van der Waals surface area (Å²) in [5.74, 6) is -0.648. The number of aromatic hydroxyl groups is 2. The Morgan fingerprint density at radius 2 is 0.962 bits per heavy atom. The molecule has 0 spiro atoms. The van der Waals surface area contributed by atoms with Crippen molar-refractivity contribution in [3.05, 3.63) is 23.3 Å². The van der Waals surface area contributed by atoms with Gasteiger partial charge in [0.05, 0.1) is 28.4 Å². The van der Waals surface area contributed by atoms with Gasteiger partial charge in [-0.05, 0) is 12.1 Å². The summed E-state index contributed by atoms with van der Waals surface area (Å²) in [5.41, 5.74) is 0.340. The summed E-state index contributed by atoms with van der Waals surface area (Å²) < 4.78 is 21.0. The highest BCUT2D eigenvalue weighted by atomic mass is 16.5. The third-order valence-corrected chi connectivity index (χ3v) is 3.81. The molecule has 0 heterocycles. The Hall–Kier alpha value is -3.42. The predicted molar refractivity (Wildman–Crippen MR) is 92.2 cm³/mol. The van der Waals surface area contributed by atoms with E-state index in [9.17, 15) is 19.8 Å². The van der Waals surface area contributed by atoms with Crippen LogP contribution >= 0.6 is 0 Å². The molecule has 0 radical (unpaired) electrons. The van der Waals surface area contributed by atoms with Crippen LogP contribution in [0.15, 0.2) is 12.1 Å². The molecule has 0 saturated carbocycles. The number of aldehydes is 2. The number of benzene rings is 2. The second-order valence-electron chi connectivity index (χ2n) is 5.09. The van der Waals surface area contributed by atoms with Crippen LogP contribution in [0.1, 0.15) is 20.7 Å². The Morgan fingerprint density at radius 3 is 1.19 bits per heavy atom. The molecular weight excluding hydrogens is 344 g/mol. The molecule has 0 amide bonds. The molecule has 26 heavy (non-hydrogen) atoms. The van der Waals surface area contributed by atoms with Gasteiger partial charge in [0.25, 0.3) is 0 Å². The first kappa shape index (κ1) is 18.9. The van der Waals surface area contributed by atoms with Crippen LogP contribution < -0.4 is 18.9 Å². The Balaban J connectivity index is 3.09. The van der Waals surface area contributed by atoms with Gasteiger partial charge in [0.1, 0.15) is 0 Å². The molecule has 0 atom stereocenters. The first-order chi connectivity index (χ1) is 12.5. The molecule has 0 fully saturated rings. The summed E-state index contributed by atoms with van der Waals surface area (Å²) in [5, 5.41) is 20.1. The summed E-state index contributed by atoms with van der Waals surface area (Å²) in [6.07, 6.45) is 0.981. The summed E-state index contributed by atoms with van der Waals surface area (Å²) >= 11 is 0. The highest BCUT2D eigenvalue weighted by Crippen LogP contribution is 2.52. The highest BCUT2D eigenvalue weighted by molar-refractivity contribution is 6.02. The van der Waals surface area contributed by atoms with Crippen molar-refractivity contribution in [1.82, 2.24) is 0 Å². The lowest BCUT2D eigenvalue weighted by Gasteiger charge is -2.21. The van der Waals surface area contributed by atoms with Gasteiger partial charge in [0.2, 0.25) is 11.5 Å². The smallest absolute Gasteiger partial charge is 0.203 e. The zero-order chi connectivity index (χ0) is 19.4. The highest BCUT2D eigenvalue weighted by Gasteiger charge is 2.28. The molecule has 8 heteroatoms. The fraction of sp³-hybridized carbons (Fsp3) is 0.222. The average molecular weight is 362 g/mol. The molecule has 8 nitrogen and oxygen atoms in total. The topological polar surface area (TPSA) is 112 Å². The number of carbonyl (C=O) groups excluding carboxylic acids is 2. The molecule has 0 aliphatic carbocycles. The third kappa shape index (κ3) is 2.85. The van der Waals surface area contributed by atoms with Crippen LogP contribution in [0.5, 0.6) is 34.5 Å². The number of ether oxygens (including phenoxy) is 4. The van der Waals surface area contributed by atoms with Crippen molar-refractivity contribution in [2.75, 3.05) is 28.4 Å². The molecule has 2 N–H and O–H groups in total. The van der Waals surface area contributed by atoms with Gasteiger partial charge in [-0.2, -0.15) is 0 Å². The standard InChI is InChI=1S/C18H18O8/c1-23-15-11(21)5-9(7-19)13(17(15)25-3)14-10(8-20)6-12(22)16(24-2)18(14)26-4/h5-8,21-22H,1-4H3. The molecule has 138 valence electrons. The van der Waals surface area contributed by atoms with Gasteiger partial charge in [-0.3, -0.25) is 9.59 Å². The molecule has 0 aliphatic heterocycles. The van der Waals surface area contributed by atoms with Crippen LogP contribution in [-0.4, -0.2) is 51.2 Å². The van der Waals surface area contributed by atoms with Gasteiger partial charge in [0, 0.05) is 22.3 Å². The second kappa shape index (κ2) is 7.64. The van der Waals surface area contributed by atoms with Gasteiger partial charge >= 0.3 is 0 Å². The largest absolute Gasteiger partial charge is 0.504 e. The van der Waals surface area contributed by atoms with Gasteiger partial charge in [-0.1, -0.05) is 0 Å². The fourth-order valence-corrected chi connectivity index (χ4v) is 2.78. The number of rotatable bonds is 7. The SMILES string of the molecule is COc1c(O)cc(C=O)c(-c2c(C=O)cc(O)c(OC)c2OC)c1OC. The van der Waals surface area contributed by atoms with E-state index in [1.165, 1.54) is 40.6 Å². The maximum absolute atomic E-state index is 11.6. The maximum atomic E-state index is 11.6. The summed E-state index contributed by atoms with van der Waals surface area (Å²) in [7, 11) is 5.27. The molecule has 2 rings (SSSR count). The van der Waals surface area contributed by atoms with Gasteiger partial charge in [-0.15, -0.1) is 0 Å². The minimum atomic E-state index is -0.312. The van der Waals surface area contributed by atoms with E-state index < -0.39 is 0 Å². The quantitative estimate of drug-likeness (QED) is 0.723. The normalized spacial score (nSPS) is 10.2. The van der Waals surface area contributed by atoms with E-state index in [0.717, 1.165) is 0 Å². The average Bonchev–Trinajstić information content (AvgIpc) is 2.65. The van der Waals surface area contributed by atoms with E-state index in [-0.39, 0.29) is 56.8 Å². The second-order valence-corrected chi connectivity index (χ2v) is 5.09. The van der Waals surface area contributed by atoms with Crippen molar-refractivity contribution in [2.24, 2.45) is 0 Å². The van der Waals surface area contributed by atoms with Crippen LogP contribution in [0.4, 0.5) is 0 Å². The Kier molecular flexibility index (Phi) is 5.56. The van der Waals surface area contributed by atoms with Crippen LogP contribution in [0.25, 0.3) is 11.1 Å². The molecule has 0 aromatic heterocycles. The van der Waals surface area contributed by atoms with Gasteiger partial charge in [-0.25, -0.2) is 0 Å². The van der Waals surface area contributed by atoms with Crippen molar-refractivity contribution in [2.45, 2.75) is 0 Å². The third-order valence-electron chi connectivity index (χ3n) is 3.81. The van der Waals surface area contributed by atoms with Crippen molar-refractivity contribution in [3.63, 3.8) is 0 Å². The monoisotopic (exact) mass is 362 g/mol. The number of carbonyl (C=O) groups is 2. The Labute approximate surface area is 149 Å². The van der Waals surface area contributed by atoms with Crippen molar-refractivity contribution in [1.29, 1.82) is 0 Å². The summed E-state index contributed by atoms with van der Waals surface area (Å²) in [4.78, 5) is 23.2. The maximum Gasteiger partial charge on any atom is 0.203 e. The van der Waals surface area contributed by atoms with Crippen molar-refractivity contribution < 1.29 is 38.7 Å². The minimum absolute atomic E-state index is 0.0174. The van der Waals surface area contributed by atoms with E-state index in [1.807, 2.05) is 0 Å². The number of phenolic OH excluding ortho intramolecular Hbond substituents is 2. The zero-order valence-electron chi connectivity index (χ0n) is 14.7. The summed E-state index contributed by atoms with van der Waals surface area (Å²) in [6, 6.07) is 2.36. The van der Waals surface area contributed by atoms with Crippen LogP contribution in [0.2, 0.25) is 0 Å². The predicted octanol–water partition coefficient (Wildman–Crippen LogP) is 2.42. The number of hydrogen-bond acceptors (Lipinski definition) is 8. The van der Waals surface area contributed by atoms with Crippen molar-refractivity contribution in [3.8, 4) is 45.6 Å². The van der Waals surface area contributed by atoms with Gasteiger partial charge < -0.3 is 29.2 Å². The lowest BCUT2D eigenvalue weighted by molar-refractivity contribution is 0.111. The van der Waals surface area contributed by atoms with E-state index in [2.05, 4.69) is 0 Å². The first-order valence-electron chi connectivity index (χ1n) is 7.35. The number of hydrogen-bond donors (Lipinski definition) is 2. The molecule has 0 saturated heterocycles. The van der Waals surface area contributed by atoms with Crippen LogP contribution in [-0.2, 0) is 0 Å². The Bertz CT molecular complexity index is 786. The minimum Gasteiger partial charge on any atom is -0.504 e. The lowest BCUT2D eigenvalue weighted by Crippen LogP contribution is -2.03. The molecular formula is C18H18O8. The van der Waals surface area contributed by atoms with E-state index in [1.54, 1.807) is 0 Å². The lowest BCUT2D eigenvalue weighted by atomic mass is 9.92. The number of methoxy groups -OCH3 is 4. The molecule has 2 aromatic carbocycles. The molecule has 2 aromatic rings. The molecule has 0 unspecified atom stereocenters. The van der Waals surface area contributed by atoms with E-state index in [0.29, 0.717) is 12.6 Å². The van der Waals surface area contributed by atoms with E-state index >= 15 is 0 Å². The van der Waals surface area contributed by atoms with Crippen LogP contribution in [0, 0.1) is 0 Å². The Morgan fingerprint density at radius 1 is 0.654 bits per heavy atom. The first-order valence-corrected chi connectivity index (χ1v) is 7.35. The van der Waals surface area contributed by atoms with Gasteiger partial charge in [0.15, 0.2) is 35.6 Å². The van der Waals surface area contributed by atoms with Crippen LogP contribution in [0.3, 0.4) is 0 Å².